The Hall–Kier alpha value is -6.82. The van der Waals surface area contributed by atoms with E-state index in [0.717, 1.165) is 39.5 Å². The quantitative estimate of drug-likeness (QED) is 0.173. The number of benzene rings is 2. The molecule has 8 rings (SSSR count). The second-order valence-corrected chi connectivity index (χ2v) is 14.6. The fourth-order valence-electron chi connectivity index (χ4n) is 7.31. The summed E-state index contributed by atoms with van der Waals surface area (Å²) in [7, 11) is 0. The van der Waals surface area contributed by atoms with Gasteiger partial charge in [-0.3, -0.25) is 14.4 Å². The van der Waals surface area contributed by atoms with Crippen LogP contribution in [-0.2, 0) is 30.5 Å². The van der Waals surface area contributed by atoms with Crippen molar-refractivity contribution in [2.24, 2.45) is 0 Å². The lowest BCUT2D eigenvalue weighted by Crippen LogP contribution is -2.51. The van der Waals surface area contributed by atoms with Crippen molar-refractivity contribution < 1.29 is 27.5 Å². The molecule has 1 aliphatic heterocycles. The lowest BCUT2D eigenvalue weighted by atomic mass is 10.2. The van der Waals surface area contributed by atoms with Crippen molar-refractivity contribution >= 4 is 46.1 Å². The van der Waals surface area contributed by atoms with Gasteiger partial charge in [0.15, 0.2) is 17.3 Å². The number of hydrogen-bond acceptors (Lipinski definition) is 10. The van der Waals surface area contributed by atoms with E-state index in [2.05, 4.69) is 25.5 Å². The number of aryl methyl sites for hydroxylation is 2. The summed E-state index contributed by atoms with van der Waals surface area (Å²) in [5.74, 6) is -0.400. The van der Waals surface area contributed by atoms with Crippen LogP contribution >= 0.6 is 11.6 Å². The first-order valence-electron chi connectivity index (χ1n) is 19.0. The zero-order valence-electron chi connectivity index (χ0n) is 32.6. The molecule has 1 N–H and O–H groups in total. The molecule has 0 unspecified atom stereocenters. The van der Waals surface area contributed by atoms with Crippen LogP contribution in [0.3, 0.4) is 0 Å². The molecule has 15 nitrogen and oxygen atoms in total. The maximum absolute atomic E-state index is 14.6. The molecule has 1 saturated heterocycles. The Balaban J connectivity index is 1.12. The summed E-state index contributed by atoms with van der Waals surface area (Å²) in [6, 6.07) is 17.7. The molecule has 0 spiro atoms. The number of hydrogen-bond donors (Lipinski definition) is 1. The number of rotatable bonds is 10. The van der Waals surface area contributed by atoms with Crippen LogP contribution in [0.2, 0.25) is 5.02 Å². The van der Waals surface area contributed by atoms with E-state index < -0.39 is 29.8 Å². The first kappa shape index (κ1) is 40.0. The van der Waals surface area contributed by atoms with Crippen molar-refractivity contribution in [3.8, 4) is 17.1 Å². The highest BCUT2D eigenvalue weighted by Crippen LogP contribution is 2.34. The molecule has 19 heteroatoms. The molecule has 0 atom stereocenters. The summed E-state index contributed by atoms with van der Waals surface area (Å²) < 4.78 is 50.6. The molecule has 2 aromatic carbocycles. The van der Waals surface area contributed by atoms with E-state index in [1.165, 1.54) is 6.33 Å². The van der Waals surface area contributed by atoms with Crippen molar-refractivity contribution in [1.29, 1.82) is 0 Å². The standard InChI is InChI=1S/C41H37ClF3N11O4/c1-4-32-35(52-14-16-53(17-15-52)38(58)34-36(25(3)46-23-47-34)60-22-26-8-6-5-7-9-26)39(59)56-40(50-37(51-56)27-18-24(2)55-29(19-27)12-13-48-55)54(32)21-33(57)49-31-11-10-28(20-30(31)42)41(43,44)45/h5-13,18-20,23H,4,14-17,21-22H2,1-3H3,(H,49,57). The van der Waals surface area contributed by atoms with Gasteiger partial charge in [-0.15, -0.1) is 5.10 Å². The number of nitrogens with one attached hydrogen (secondary N) is 1. The predicted octanol–water partition coefficient (Wildman–Crippen LogP) is 6.03. The van der Waals surface area contributed by atoms with Gasteiger partial charge in [0.1, 0.15) is 25.2 Å². The molecule has 2 amide bonds. The normalized spacial score (nSPS) is 13.3. The lowest BCUT2D eigenvalue weighted by molar-refractivity contribution is -0.137. The van der Waals surface area contributed by atoms with Gasteiger partial charge in [0.25, 0.3) is 11.5 Å². The smallest absolute Gasteiger partial charge is 0.416 e. The van der Waals surface area contributed by atoms with Crippen LogP contribution in [0.4, 0.5) is 24.5 Å². The van der Waals surface area contributed by atoms with Gasteiger partial charge in [-0.05, 0) is 62.2 Å². The number of aromatic nitrogens is 8. The van der Waals surface area contributed by atoms with Gasteiger partial charge in [0.2, 0.25) is 11.7 Å². The third-order valence-electron chi connectivity index (χ3n) is 10.3. The highest BCUT2D eigenvalue weighted by Gasteiger charge is 2.33. The monoisotopic (exact) mass is 839 g/mol. The summed E-state index contributed by atoms with van der Waals surface area (Å²) in [5.41, 5.74) is 3.00. The van der Waals surface area contributed by atoms with E-state index >= 15 is 0 Å². The lowest BCUT2D eigenvalue weighted by Gasteiger charge is -2.36. The highest BCUT2D eigenvalue weighted by atomic mass is 35.5. The van der Waals surface area contributed by atoms with Crippen LogP contribution in [0.25, 0.3) is 22.7 Å². The topological polar surface area (TPSA) is 157 Å². The molecule has 1 aliphatic rings. The SMILES string of the molecule is CCc1c(N2CCN(C(=O)c3ncnc(C)c3OCc3ccccc3)CC2)c(=O)n2nc(-c3cc(C)n4nccc4c3)nc2n1CC(=O)Nc1ccc(C(F)(F)F)cc1Cl. The van der Waals surface area contributed by atoms with Crippen LogP contribution in [0.1, 0.15) is 45.6 Å². The highest BCUT2D eigenvalue weighted by molar-refractivity contribution is 6.33. The molecule has 7 aromatic rings. The molecule has 6 heterocycles. The summed E-state index contributed by atoms with van der Waals surface area (Å²) >= 11 is 6.19. The summed E-state index contributed by atoms with van der Waals surface area (Å²) in [4.78, 5) is 59.1. The van der Waals surface area contributed by atoms with Gasteiger partial charge < -0.3 is 24.4 Å². The van der Waals surface area contributed by atoms with Crippen LogP contribution in [0.15, 0.2) is 84.0 Å². The number of alkyl halides is 3. The van der Waals surface area contributed by atoms with E-state index in [4.69, 9.17) is 21.3 Å². The Bertz CT molecular complexity index is 2830. The minimum absolute atomic E-state index is 0.0231. The minimum atomic E-state index is -4.62. The van der Waals surface area contributed by atoms with Crippen LogP contribution in [-0.4, -0.2) is 81.6 Å². The molecule has 0 aliphatic carbocycles. The Kier molecular flexibility index (Phi) is 10.7. The number of anilines is 2. The fraction of sp³-hybridized carbons (Fsp3) is 0.268. The number of ether oxygens (including phenoxy) is 1. The number of carbonyl (C=O) groups is 2. The van der Waals surface area contributed by atoms with Crippen LogP contribution < -0.4 is 20.5 Å². The molecule has 1 fully saturated rings. The molecule has 5 aromatic heterocycles. The second-order valence-electron chi connectivity index (χ2n) is 14.2. The van der Waals surface area contributed by atoms with Gasteiger partial charge in [-0.1, -0.05) is 48.9 Å². The number of nitrogens with zero attached hydrogens (tertiary/aromatic N) is 10. The van der Waals surface area contributed by atoms with Gasteiger partial charge in [-0.25, -0.2) is 14.5 Å². The Morgan fingerprint density at radius 2 is 1.72 bits per heavy atom. The zero-order chi connectivity index (χ0) is 42.3. The summed E-state index contributed by atoms with van der Waals surface area (Å²) in [5, 5.41) is 11.3. The van der Waals surface area contributed by atoms with Crippen molar-refractivity contribution in [2.75, 3.05) is 36.4 Å². The third-order valence-corrected chi connectivity index (χ3v) is 10.6. The molecule has 308 valence electrons. The summed E-state index contributed by atoms with van der Waals surface area (Å²) in [6.45, 7) is 6.21. The number of piperazine rings is 1. The van der Waals surface area contributed by atoms with Crippen molar-refractivity contribution in [3.63, 3.8) is 0 Å². The molecule has 0 bridgehead atoms. The van der Waals surface area contributed by atoms with E-state index in [9.17, 15) is 27.6 Å². The third kappa shape index (κ3) is 7.72. The maximum Gasteiger partial charge on any atom is 0.416 e. The van der Waals surface area contributed by atoms with Gasteiger partial charge in [0.05, 0.1) is 33.2 Å². The fourth-order valence-corrected chi connectivity index (χ4v) is 7.54. The number of pyridine rings is 1. The number of halogens is 4. The van der Waals surface area contributed by atoms with Gasteiger partial charge in [0, 0.05) is 43.6 Å². The van der Waals surface area contributed by atoms with Crippen LogP contribution in [0.5, 0.6) is 5.75 Å². The second kappa shape index (κ2) is 16.1. The average molecular weight is 840 g/mol. The Morgan fingerprint density at radius 1 is 0.950 bits per heavy atom. The van der Waals surface area contributed by atoms with E-state index in [-0.39, 0.29) is 84.6 Å². The minimum Gasteiger partial charge on any atom is -0.485 e. The Morgan fingerprint density at radius 3 is 2.43 bits per heavy atom. The summed E-state index contributed by atoms with van der Waals surface area (Å²) in [6.07, 6.45) is -1.36. The molecule has 0 radical (unpaired) electrons. The van der Waals surface area contributed by atoms with Crippen molar-refractivity contribution in [1.82, 2.24) is 43.6 Å². The van der Waals surface area contributed by atoms with E-state index in [1.54, 1.807) is 27.1 Å². The van der Waals surface area contributed by atoms with Crippen molar-refractivity contribution in [3.05, 3.63) is 129 Å². The number of amides is 2. The van der Waals surface area contributed by atoms with E-state index in [0.29, 0.717) is 17.0 Å². The van der Waals surface area contributed by atoms with Gasteiger partial charge >= 0.3 is 6.18 Å². The number of fused-ring (bicyclic) bond motifs is 2. The first-order chi connectivity index (χ1) is 28.8. The molecule has 60 heavy (non-hydrogen) atoms. The molecular formula is C41H37ClF3N11O4. The van der Waals surface area contributed by atoms with E-state index in [1.807, 2.05) is 67.3 Å². The Labute approximate surface area is 345 Å². The first-order valence-corrected chi connectivity index (χ1v) is 19.3. The van der Waals surface area contributed by atoms with Gasteiger partial charge in [-0.2, -0.15) is 27.8 Å². The van der Waals surface area contributed by atoms with Crippen LogP contribution in [0, 0.1) is 13.8 Å². The molecule has 0 saturated carbocycles. The number of carbonyl (C=O) groups excluding carboxylic acids is 2. The molecular weight excluding hydrogens is 803 g/mol. The zero-order valence-corrected chi connectivity index (χ0v) is 33.3. The largest absolute Gasteiger partial charge is 0.485 e. The average Bonchev–Trinajstić information content (AvgIpc) is 3.91. The van der Waals surface area contributed by atoms with Crippen molar-refractivity contribution in [2.45, 2.75) is 46.5 Å². The predicted molar refractivity (Wildman–Crippen MR) is 216 cm³/mol. The maximum atomic E-state index is 14.6.